The highest BCUT2D eigenvalue weighted by Gasteiger charge is 2.23. The van der Waals surface area contributed by atoms with Crippen molar-refractivity contribution < 1.29 is 4.79 Å². The summed E-state index contributed by atoms with van der Waals surface area (Å²) < 4.78 is 3.18. The van der Waals surface area contributed by atoms with Crippen LogP contribution in [0, 0.1) is 0 Å². The van der Waals surface area contributed by atoms with Crippen LogP contribution in [0.1, 0.15) is 22.3 Å². The van der Waals surface area contributed by atoms with Gasteiger partial charge in [-0.05, 0) is 42.7 Å². The third-order valence-electron chi connectivity index (χ3n) is 4.87. The molecule has 0 atom stereocenters. The van der Waals surface area contributed by atoms with Crippen LogP contribution in [0.3, 0.4) is 0 Å². The predicted molar refractivity (Wildman–Crippen MR) is 94.6 cm³/mol. The lowest BCUT2D eigenvalue weighted by Gasteiger charge is -2.29. The van der Waals surface area contributed by atoms with Gasteiger partial charge in [-0.2, -0.15) is 0 Å². The average Bonchev–Trinajstić information content (AvgIpc) is 2.84. The van der Waals surface area contributed by atoms with Gasteiger partial charge in [-0.15, -0.1) is 0 Å². The van der Waals surface area contributed by atoms with Crippen LogP contribution in [0.5, 0.6) is 0 Å². The Morgan fingerprint density at radius 1 is 1.00 bits per heavy atom. The summed E-state index contributed by atoms with van der Waals surface area (Å²) in [6.07, 6.45) is 1.97. The van der Waals surface area contributed by atoms with Crippen molar-refractivity contribution in [3.05, 3.63) is 64.1 Å². The molecule has 3 aromatic rings. The topological polar surface area (TPSA) is 47.2 Å². The maximum atomic E-state index is 13.0. The molecular formula is C19H19N3O2. The molecular weight excluding hydrogens is 302 g/mol. The quantitative estimate of drug-likeness (QED) is 0.691. The zero-order valence-electron chi connectivity index (χ0n) is 13.8. The average molecular weight is 321 g/mol. The molecule has 2 aromatic carbocycles. The summed E-state index contributed by atoms with van der Waals surface area (Å²) in [6.45, 7) is 0.724. The van der Waals surface area contributed by atoms with Gasteiger partial charge in [0.1, 0.15) is 0 Å². The molecule has 5 heteroatoms. The molecule has 24 heavy (non-hydrogen) atoms. The second-order valence-corrected chi connectivity index (χ2v) is 6.29. The van der Waals surface area contributed by atoms with Gasteiger partial charge in [0.05, 0.1) is 11.0 Å². The lowest BCUT2D eigenvalue weighted by Crippen LogP contribution is -2.35. The van der Waals surface area contributed by atoms with E-state index in [9.17, 15) is 9.59 Å². The maximum Gasteiger partial charge on any atom is 0.328 e. The molecule has 0 N–H and O–H groups in total. The van der Waals surface area contributed by atoms with Crippen molar-refractivity contribution >= 4 is 22.6 Å². The molecule has 5 nitrogen and oxygen atoms in total. The summed E-state index contributed by atoms with van der Waals surface area (Å²) >= 11 is 0. The number of aromatic nitrogens is 2. The molecule has 1 amide bonds. The Kier molecular flexibility index (Phi) is 3.30. The minimum atomic E-state index is -0.0853. The van der Waals surface area contributed by atoms with E-state index in [0.717, 1.165) is 36.1 Å². The first-order valence-electron chi connectivity index (χ1n) is 8.13. The van der Waals surface area contributed by atoms with Gasteiger partial charge < -0.3 is 4.90 Å². The van der Waals surface area contributed by atoms with E-state index in [-0.39, 0.29) is 11.6 Å². The minimum absolute atomic E-state index is 0.0136. The van der Waals surface area contributed by atoms with Crippen molar-refractivity contribution in [1.29, 1.82) is 0 Å². The minimum Gasteiger partial charge on any atom is -0.308 e. The van der Waals surface area contributed by atoms with Gasteiger partial charge in [0, 0.05) is 31.9 Å². The summed E-state index contributed by atoms with van der Waals surface area (Å²) in [5.74, 6) is -0.0136. The fourth-order valence-electron chi connectivity index (χ4n) is 3.54. The molecule has 1 aliphatic rings. The van der Waals surface area contributed by atoms with E-state index in [1.807, 2.05) is 35.2 Å². The highest BCUT2D eigenvalue weighted by atomic mass is 16.2. The molecule has 4 rings (SSSR count). The molecule has 0 bridgehead atoms. The smallest absolute Gasteiger partial charge is 0.308 e. The number of rotatable bonds is 1. The maximum absolute atomic E-state index is 13.0. The summed E-state index contributed by atoms with van der Waals surface area (Å²) in [5.41, 5.74) is 4.34. The van der Waals surface area contributed by atoms with E-state index in [1.165, 1.54) is 5.56 Å². The number of carbonyl (C=O) groups is 1. The van der Waals surface area contributed by atoms with Crippen molar-refractivity contribution in [2.75, 3.05) is 11.4 Å². The van der Waals surface area contributed by atoms with Crippen molar-refractivity contribution in [3.63, 3.8) is 0 Å². The molecule has 1 aliphatic heterocycles. The first-order valence-corrected chi connectivity index (χ1v) is 8.13. The largest absolute Gasteiger partial charge is 0.328 e. The number of carbonyl (C=O) groups excluding carboxylic acids is 1. The molecule has 1 aromatic heterocycles. The first kappa shape index (κ1) is 14.8. The normalized spacial score (nSPS) is 14.0. The molecule has 0 saturated carbocycles. The van der Waals surface area contributed by atoms with Crippen molar-refractivity contribution in [1.82, 2.24) is 9.13 Å². The van der Waals surface area contributed by atoms with Crippen LogP contribution in [-0.2, 0) is 20.5 Å². The lowest BCUT2D eigenvalue weighted by molar-refractivity contribution is 0.0985. The molecule has 0 spiro atoms. The Bertz CT molecular complexity index is 1010. The molecule has 122 valence electrons. The number of aryl methyl sites for hydroxylation is 3. The number of benzene rings is 2. The Morgan fingerprint density at radius 3 is 2.58 bits per heavy atom. The number of hydrogen-bond donors (Lipinski definition) is 0. The number of amides is 1. The predicted octanol–water partition coefficient (Wildman–Crippen LogP) is 2.47. The summed E-state index contributed by atoms with van der Waals surface area (Å²) in [6, 6.07) is 13.5. The third kappa shape index (κ3) is 2.08. The van der Waals surface area contributed by atoms with E-state index in [2.05, 4.69) is 6.07 Å². The van der Waals surface area contributed by atoms with Gasteiger partial charge in [-0.3, -0.25) is 13.9 Å². The highest BCUT2D eigenvalue weighted by molar-refractivity contribution is 6.08. The summed E-state index contributed by atoms with van der Waals surface area (Å²) in [5, 5.41) is 0. The standard InChI is InChI=1S/C19H19N3O2/c1-20-16-10-9-14(12-17(16)21(2)19(20)24)18(23)22-11-5-7-13-6-3-4-8-15(13)22/h3-4,6,8-10,12H,5,7,11H2,1-2H3. The van der Waals surface area contributed by atoms with Gasteiger partial charge in [0.2, 0.25) is 0 Å². The second-order valence-electron chi connectivity index (χ2n) is 6.29. The van der Waals surface area contributed by atoms with Crippen molar-refractivity contribution in [3.8, 4) is 0 Å². The number of hydrogen-bond acceptors (Lipinski definition) is 2. The van der Waals surface area contributed by atoms with Crippen molar-refractivity contribution in [2.45, 2.75) is 12.8 Å². The van der Waals surface area contributed by atoms with Crippen LogP contribution in [0.4, 0.5) is 5.69 Å². The number of para-hydroxylation sites is 1. The summed E-state index contributed by atoms with van der Waals surface area (Å²) in [4.78, 5) is 27.0. The zero-order chi connectivity index (χ0) is 16.8. The Balaban J connectivity index is 1.80. The van der Waals surface area contributed by atoms with Gasteiger partial charge >= 0.3 is 5.69 Å². The number of fused-ring (bicyclic) bond motifs is 2. The van der Waals surface area contributed by atoms with Crippen molar-refractivity contribution in [2.24, 2.45) is 14.1 Å². The van der Waals surface area contributed by atoms with Crippen LogP contribution in [0.2, 0.25) is 0 Å². The first-order chi connectivity index (χ1) is 11.6. The molecule has 0 unspecified atom stereocenters. The van der Waals surface area contributed by atoms with E-state index < -0.39 is 0 Å². The Morgan fingerprint density at radius 2 is 1.75 bits per heavy atom. The van der Waals surface area contributed by atoms with Crippen LogP contribution in [0.25, 0.3) is 11.0 Å². The van der Waals surface area contributed by atoms with Crippen LogP contribution >= 0.6 is 0 Å². The van der Waals surface area contributed by atoms with E-state index in [0.29, 0.717) is 5.56 Å². The molecule has 2 heterocycles. The van der Waals surface area contributed by atoms with Gasteiger partial charge in [0.25, 0.3) is 5.91 Å². The highest BCUT2D eigenvalue weighted by Crippen LogP contribution is 2.28. The van der Waals surface area contributed by atoms with Gasteiger partial charge in [0.15, 0.2) is 0 Å². The second kappa shape index (κ2) is 5.37. The molecule has 0 saturated heterocycles. The molecule has 0 fully saturated rings. The van der Waals surface area contributed by atoms with Crippen LogP contribution in [-0.4, -0.2) is 21.6 Å². The number of imidazole rings is 1. The fourth-order valence-corrected chi connectivity index (χ4v) is 3.54. The van der Waals surface area contributed by atoms with Gasteiger partial charge in [-0.25, -0.2) is 4.79 Å². The molecule has 0 aliphatic carbocycles. The number of anilines is 1. The monoisotopic (exact) mass is 321 g/mol. The Labute approximate surface area is 139 Å². The number of nitrogens with zero attached hydrogens (tertiary/aromatic N) is 3. The molecule has 0 radical (unpaired) electrons. The van der Waals surface area contributed by atoms with E-state index in [4.69, 9.17) is 0 Å². The lowest BCUT2D eigenvalue weighted by atomic mass is 10.0. The third-order valence-corrected chi connectivity index (χ3v) is 4.87. The van der Waals surface area contributed by atoms with Crippen LogP contribution in [0.15, 0.2) is 47.3 Å². The van der Waals surface area contributed by atoms with Crippen LogP contribution < -0.4 is 10.6 Å². The fraction of sp³-hybridized carbons (Fsp3) is 0.263. The zero-order valence-corrected chi connectivity index (χ0v) is 13.8. The Hall–Kier alpha value is -2.82. The van der Waals surface area contributed by atoms with Gasteiger partial charge in [-0.1, -0.05) is 18.2 Å². The SMILES string of the molecule is Cn1c(=O)n(C)c2cc(C(=O)N3CCCc4ccccc43)ccc21. The van der Waals surface area contributed by atoms with E-state index in [1.54, 1.807) is 29.3 Å². The summed E-state index contributed by atoms with van der Waals surface area (Å²) in [7, 11) is 3.47. The van der Waals surface area contributed by atoms with E-state index >= 15 is 0 Å².